The summed E-state index contributed by atoms with van der Waals surface area (Å²) in [5, 5.41) is 3.72. The summed E-state index contributed by atoms with van der Waals surface area (Å²) < 4.78 is 5.43. The van der Waals surface area contributed by atoms with Gasteiger partial charge in [-0.1, -0.05) is 44.2 Å². The number of rotatable bonds is 7. The summed E-state index contributed by atoms with van der Waals surface area (Å²) in [6.07, 6.45) is 1.17. The minimum atomic E-state index is 0.444. The molecule has 3 heteroatoms. The van der Waals surface area contributed by atoms with Crippen LogP contribution in [0.3, 0.4) is 0 Å². The minimum Gasteiger partial charge on any atom is -0.379 e. The molecule has 0 saturated carbocycles. The minimum absolute atomic E-state index is 0.444. The normalized spacial score (nSPS) is 19.7. The summed E-state index contributed by atoms with van der Waals surface area (Å²) in [7, 11) is 0. The molecule has 1 aliphatic heterocycles. The average Bonchev–Trinajstić information content (AvgIpc) is 2.50. The molecule has 2 rings (SSSR count). The smallest absolute Gasteiger partial charge is 0.0594 e. The molecule has 1 aromatic rings. The topological polar surface area (TPSA) is 24.5 Å². The molecule has 112 valence electrons. The zero-order chi connectivity index (χ0) is 14.2. The van der Waals surface area contributed by atoms with E-state index in [0.717, 1.165) is 39.4 Å². The fraction of sp³-hybridized carbons (Fsp3) is 0.647. The summed E-state index contributed by atoms with van der Waals surface area (Å²) in [6.45, 7) is 10.7. The molecule has 0 bridgehead atoms. The third-order valence-electron chi connectivity index (χ3n) is 3.99. The molecule has 3 nitrogen and oxygen atoms in total. The lowest BCUT2D eigenvalue weighted by Crippen LogP contribution is -2.41. The van der Waals surface area contributed by atoms with Crippen molar-refractivity contribution < 1.29 is 4.74 Å². The van der Waals surface area contributed by atoms with Crippen LogP contribution in [-0.2, 0) is 4.74 Å². The van der Waals surface area contributed by atoms with Gasteiger partial charge in [-0.05, 0) is 24.4 Å². The van der Waals surface area contributed by atoms with Crippen LogP contribution in [0.5, 0.6) is 0 Å². The van der Waals surface area contributed by atoms with Crippen molar-refractivity contribution in [1.82, 2.24) is 10.2 Å². The van der Waals surface area contributed by atoms with E-state index in [1.165, 1.54) is 12.0 Å². The fourth-order valence-corrected chi connectivity index (χ4v) is 2.90. The van der Waals surface area contributed by atoms with Gasteiger partial charge in [0, 0.05) is 25.7 Å². The van der Waals surface area contributed by atoms with Gasteiger partial charge in [-0.2, -0.15) is 0 Å². The van der Waals surface area contributed by atoms with Crippen LogP contribution < -0.4 is 5.32 Å². The number of hydrogen-bond acceptors (Lipinski definition) is 3. The van der Waals surface area contributed by atoms with E-state index in [2.05, 4.69) is 54.4 Å². The second-order valence-electron chi connectivity index (χ2n) is 5.73. The van der Waals surface area contributed by atoms with E-state index in [9.17, 15) is 0 Å². The van der Waals surface area contributed by atoms with Crippen molar-refractivity contribution in [2.45, 2.75) is 26.3 Å². The third kappa shape index (κ3) is 4.58. The molecule has 20 heavy (non-hydrogen) atoms. The molecule has 1 saturated heterocycles. The lowest BCUT2D eigenvalue weighted by Gasteiger charge is -2.33. The van der Waals surface area contributed by atoms with E-state index in [1.807, 2.05) is 0 Å². The van der Waals surface area contributed by atoms with Crippen LogP contribution in [0.15, 0.2) is 30.3 Å². The van der Waals surface area contributed by atoms with Crippen LogP contribution in [0.4, 0.5) is 0 Å². The predicted molar refractivity (Wildman–Crippen MR) is 83.9 cm³/mol. The van der Waals surface area contributed by atoms with Gasteiger partial charge >= 0.3 is 0 Å². The highest BCUT2D eigenvalue weighted by molar-refractivity contribution is 5.19. The zero-order valence-electron chi connectivity index (χ0n) is 12.8. The molecule has 0 amide bonds. The molecule has 1 heterocycles. The summed E-state index contributed by atoms with van der Waals surface area (Å²) in [5.74, 6) is 0.599. The van der Waals surface area contributed by atoms with Crippen molar-refractivity contribution in [3.63, 3.8) is 0 Å². The standard InChI is InChI=1S/C17H28N2O/c1-3-9-18-17(16-7-5-4-6-8-16)15(2)14-19-10-12-20-13-11-19/h4-8,15,17-18H,3,9-14H2,1-2H3. The Morgan fingerprint density at radius 3 is 2.55 bits per heavy atom. The van der Waals surface area contributed by atoms with E-state index < -0.39 is 0 Å². The Morgan fingerprint density at radius 2 is 1.90 bits per heavy atom. The summed E-state index contributed by atoms with van der Waals surface area (Å²) >= 11 is 0. The molecule has 0 radical (unpaired) electrons. The van der Waals surface area contributed by atoms with Gasteiger partial charge in [0.15, 0.2) is 0 Å². The molecule has 1 N–H and O–H groups in total. The molecule has 2 atom stereocenters. The summed E-state index contributed by atoms with van der Waals surface area (Å²) in [5.41, 5.74) is 1.40. The van der Waals surface area contributed by atoms with E-state index >= 15 is 0 Å². The summed E-state index contributed by atoms with van der Waals surface area (Å²) in [6, 6.07) is 11.3. The Labute approximate surface area is 123 Å². The fourth-order valence-electron chi connectivity index (χ4n) is 2.90. The third-order valence-corrected chi connectivity index (χ3v) is 3.99. The maximum Gasteiger partial charge on any atom is 0.0594 e. The molecule has 0 aromatic heterocycles. The van der Waals surface area contributed by atoms with Gasteiger partial charge in [0.1, 0.15) is 0 Å². The second-order valence-corrected chi connectivity index (χ2v) is 5.73. The van der Waals surface area contributed by atoms with Crippen molar-refractivity contribution >= 4 is 0 Å². The molecule has 0 spiro atoms. The summed E-state index contributed by atoms with van der Waals surface area (Å²) in [4.78, 5) is 2.53. The van der Waals surface area contributed by atoms with Crippen molar-refractivity contribution in [3.8, 4) is 0 Å². The Morgan fingerprint density at radius 1 is 1.20 bits per heavy atom. The Balaban J connectivity index is 1.97. The zero-order valence-corrected chi connectivity index (χ0v) is 12.8. The molecule has 1 aromatic carbocycles. The van der Waals surface area contributed by atoms with Gasteiger partial charge in [-0.3, -0.25) is 4.90 Å². The molecule has 2 unspecified atom stereocenters. The van der Waals surface area contributed by atoms with Gasteiger partial charge in [0.05, 0.1) is 13.2 Å². The lowest BCUT2D eigenvalue weighted by molar-refractivity contribution is 0.0290. The van der Waals surface area contributed by atoms with Crippen molar-refractivity contribution in [2.75, 3.05) is 39.4 Å². The quantitative estimate of drug-likeness (QED) is 0.828. The Hall–Kier alpha value is -0.900. The van der Waals surface area contributed by atoms with Crippen molar-refractivity contribution in [2.24, 2.45) is 5.92 Å². The maximum absolute atomic E-state index is 5.43. The van der Waals surface area contributed by atoms with Crippen LogP contribution in [0.2, 0.25) is 0 Å². The van der Waals surface area contributed by atoms with Crippen molar-refractivity contribution in [3.05, 3.63) is 35.9 Å². The highest BCUT2D eigenvalue weighted by atomic mass is 16.5. The van der Waals surface area contributed by atoms with Crippen LogP contribution in [0.1, 0.15) is 31.9 Å². The number of nitrogens with one attached hydrogen (secondary N) is 1. The van der Waals surface area contributed by atoms with Gasteiger partial charge in [-0.25, -0.2) is 0 Å². The Bertz CT molecular complexity index is 363. The number of morpholine rings is 1. The number of hydrogen-bond donors (Lipinski definition) is 1. The molecule has 1 fully saturated rings. The SMILES string of the molecule is CCCNC(c1ccccc1)C(C)CN1CCOCC1. The van der Waals surface area contributed by atoms with Crippen LogP contribution in [0.25, 0.3) is 0 Å². The Kier molecular flexibility index (Phi) is 6.51. The maximum atomic E-state index is 5.43. The molecular weight excluding hydrogens is 248 g/mol. The first-order valence-corrected chi connectivity index (χ1v) is 7.89. The van der Waals surface area contributed by atoms with E-state index in [4.69, 9.17) is 4.74 Å². The van der Waals surface area contributed by atoms with Gasteiger partial charge < -0.3 is 10.1 Å². The van der Waals surface area contributed by atoms with Gasteiger partial charge in [0.2, 0.25) is 0 Å². The number of benzene rings is 1. The monoisotopic (exact) mass is 276 g/mol. The van der Waals surface area contributed by atoms with Gasteiger partial charge in [0.25, 0.3) is 0 Å². The first-order valence-electron chi connectivity index (χ1n) is 7.89. The number of ether oxygens (including phenoxy) is 1. The number of nitrogens with zero attached hydrogens (tertiary/aromatic N) is 1. The van der Waals surface area contributed by atoms with E-state index in [0.29, 0.717) is 12.0 Å². The second kappa shape index (κ2) is 8.40. The lowest BCUT2D eigenvalue weighted by atomic mass is 9.93. The van der Waals surface area contributed by atoms with Crippen LogP contribution >= 0.6 is 0 Å². The van der Waals surface area contributed by atoms with E-state index in [1.54, 1.807) is 0 Å². The highest BCUT2D eigenvalue weighted by Gasteiger charge is 2.22. The van der Waals surface area contributed by atoms with Crippen LogP contribution in [0, 0.1) is 5.92 Å². The molecule has 1 aliphatic rings. The average molecular weight is 276 g/mol. The molecular formula is C17H28N2O. The van der Waals surface area contributed by atoms with Crippen molar-refractivity contribution in [1.29, 1.82) is 0 Å². The molecule has 0 aliphatic carbocycles. The highest BCUT2D eigenvalue weighted by Crippen LogP contribution is 2.23. The largest absolute Gasteiger partial charge is 0.379 e. The first kappa shape index (κ1) is 15.5. The predicted octanol–water partition coefficient (Wildman–Crippen LogP) is 2.70. The van der Waals surface area contributed by atoms with Gasteiger partial charge in [-0.15, -0.1) is 0 Å². The van der Waals surface area contributed by atoms with Crippen LogP contribution in [-0.4, -0.2) is 44.3 Å². The first-order chi connectivity index (χ1) is 9.81. The van der Waals surface area contributed by atoms with E-state index in [-0.39, 0.29) is 0 Å².